The first kappa shape index (κ1) is 11.0. The number of hydrogen-bond donors (Lipinski definition) is 1. The molecule has 0 heterocycles. The van der Waals surface area contributed by atoms with Crippen molar-refractivity contribution in [1.29, 1.82) is 0 Å². The molecule has 1 aromatic rings. The van der Waals surface area contributed by atoms with Gasteiger partial charge in [-0.1, -0.05) is 22.0 Å². The van der Waals surface area contributed by atoms with Crippen molar-refractivity contribution in [2.75, 3.05) is 0 Å². The molecule has 2 rings (SSSR count). The minimum absolute atomic E-state index is 0. The summed E-state index contributed by atoms with van der Waals surface area (Å²) < 4.78 is 1.18. The molecule has 72 valence electrons. The molecule has 13 heavy (non-hydrogen) atoms. The molecule has 1 nitrogen and oxygen atoms in total. The van der Waals surface area contributed by atoms with Gasteiger partial charge >= 0.3 is 0 Å². The summed E-state index contributed by atoms with van der Waals surface area (Å²) in [4.78, 5) is 0. The third-order valence-electron chi connectivity index (χ3n) is 2.54. The Morgan fingerprint density at radius 1 is 1.46 bits per heavy atom. The highest BCUT2D eigenvalue weighted by atomic mass is 79.9. The number of fused-ring (bicyclic) bond motifs is 1. The number of benzene rings is 1. The highest BCUT2D eigenvalue weighted by Gasteiger charge is 2.19. The minimum Gasteiger partial charge on any atom is -0.324 e. The van der Waals surface area contributed by atoms with Gasteiger partial charge in [0.2, 0.25) is 0 Å². The molecule has 1 atom stereocenters. The summed E-state index contributed by atoms with van der Waals surface area (Å²) in [7, 11) is 0. The molecule has 0 amide bonds. The lowest BCUT2D eigenvalue weighted by atomic mass is 10.1. The van der Waals surface area contributed by atoms with Crippen LogP contribution in [-0.2, 0) is 6.42 Å². The second kappa shape index (κ2) is 3.99. The molecule has 0 aliphatic heterocycles. The van der Waals surface area contributed by atoms with E-state index in [1.807, 2.05) is 0 Å². The molecule has 1 aromatic carbocycles. The number of halogens is 2. The van der Waals surface area contributed by atoms with Crippen molar-refractivity contribution in [1.82, 2.24) is 0 Å². The average Bonchev–Trinajstić information content (AvgIpc) is 2.35. The highest BCUT2D eigenvalue weighted by molar-refractivity contribution is 9.10. The molecular formula is C10H13BrClN. The predicted octanol–water partition coefficient (Wildman–Crippen LogP) is 3.13. The fraction of sp³-hybridized carbons (Fsp3) is 0.400. The van der Waals surface area contributed by atoms with E-state index in [9.17, 15) is 0 Å². The standard InChI is InChI=1S/C10H12BrN.ClH/c1-6-4-7-2-3-10(12)8(7)5-9(6)11;/h4-5,10H,2-3,12H2,1H3;1H. The Labute approximate surface area is 93.2 Å². The Hall–Kier alpha value is -0.0500. The summed E-state index contributed by atoms with van der Waals surface area (Å²) >= 11 is 3.52. The van der Waals surface area contributed by atoms with E-state index in [0.29, 0.717) is 0 Å². The largest absolute Gasteiger partial charge is 0.324 e. The predicted molar refractivity (Wildman–Crippen MR) is 61.4 cm³/mol. The van der Waals surface area contributed by atoms with Crippen LogP contribution < -0.4 is 5.73 Å². The van der Waals surface area contributed by atoms with Gasteiger partial charge in [-0.2, -0.15) is 0 Å². The first-order chi connectivity index (χ1) is 5.68. The van der Waals surface area contributed by atoms with Crippen LogP contribution in [0.1, 0.15) is 29.2 Å². The van der Waals surface area contributed by atoms with Gasteiger partial charge in [-0.05, 0) is 42.5 Å². The molecule has 1 aliphatic rings. The molecule has 3 heteroatoms. The zero-order valence-corrected chi connectivity index (χ0v) is 9.91. The van der Waals surface area contributed by atoms with Crippen molar-refractivity contribution in [2.24, 2.45) is 5.73 Å². The average molecular weight is 263 g/mol. The first-order valence-corrected chi connectivity index (χ1v) is 5.02. The lowest BCUT2D eigenvalue weighted by Crippen LogP contribution is -2.05. The Bertz CT molecular complexity index is 325. The molecule has 0 spiro atoms. The maximum absolute atomic E-state index is 5.94. The van der Waals surface area contributed by atoms with Crippen molar-refractivity contribution < 1.29 is 0 Å². The third-order valence-corrected chi connectivity index (χ3v) is 3.40. The molecule has 0 saturated carbocycles. The van der Waals surface area contributed by atoms with Gasteiger partial charge in [-0.15, -0.1) is 12.4 Å². The molecule has 1 aliphatic carbocycles. The van der Waals surface area contributed by atoms with Crippen molar-refractivity contribution in [2.45, 2.75) is 25.8 Å². The highest BCUT2D eigenvalue weighted by Crippen LogP contribution is 2.33. The first-order valence-electron chi connectivity index (χ1n) is 4.23. The van der Waals surface area contributed by atoms with E-state index in [4.69, 9.17) is 5.73 Å². The third kappa shape index (κ3) is 1.90. The van der Waals surface area contributed by atoms with E-state index in [-0.39, 0.29) is 18.4 Å². The van der Waals surface area contributed by atoms with Crippen LogP contribution in [-0.4, -0.2) is 0 Å². The summed E-state index contributed by atoms with van der Waals surface area (Å²) in [5.41, 5.74) is 10.0. The Morgan fingerprint density at radius 2 is 2.15 bits per heavy atom. The lowest BCUT2D eigenvalue weighted by molar-refractivity contribution is 0.713. The Morgan fingerprint density at radius 3 is 2.85 bits per heavy atom. The number of nitrogens with two attached hydrogens (primary N) is 1. The Balaban J connectivity index is 0.000000845. The summed E-state index contributed by atoms with van der Waals surface area (Å²) in [6.07, 6.45) is 2.25. The van der Waals surface area contributed by atoms with E-state index in [0.717, 1.165) is 12.8 Å². The molecule has 0 fully saturated rings. The Kier molecular flexibility index (Phi) is 3.38. The van der Waals surface area contributed by atoms with Crippen molar-refractivity contribution in [3.63, 3.8) is 0 Å². The van der Waals surface area contributed by atoms with E-state index >= 15 is 0 Å². The van der Waals surface area contributed by atoms with Gasteiger partial charge in [0.25, 0.3) is 0 Å². The van der Waals surface area contributed by atoms with Crippen LogP contribution >= 0.6 is 28.3 Å². The van der Waals surface area contributed by atoms with Gasteiger partial charge in [0, 0.05) is 10.5 Å². The molecule has 0 bridgehead atoms. The van der Waals surface area contributed by atoms with Gasteiger partial charge in [0.1, 0.15) is 0 Å². The van der Waals surface area contributed by atoms with E-state index in [1.165, 1.54) is 21.2 Å². The molecule has 1 unspecified atom stereocenters. The molecular weight excluding hydrogens is 249 g/mol. The zero-order chi connectivity index (χ0) is 8.72. The molecule has 0 saturated heterocycles. The fourth-order valence-corrected chi connectivity index (χ4v) is 2.15. The maximum atomic E-state index is 5.94. The zero-order valence-electron chi connectivity index (χ0n) is 7.51. The number of hydrogen-bond acceptors (Lipinski definition) is 1. The van der Waals surface area contributed by atoms with Gasteiger partial charge < -0.3 is 5.73 Å². The summed E-state index contributed by atoms with van der Waals surface area (Å²) in [5, 5.41) is 0. The maximum Gasteiger partial charge on any atom is 0.0301 e. The SMILES string of the molecule is Cc1cc2c(cc1Br)C(N)CC2.Cl. The lowest BCUT2D eigenvalue weighted by Gasteiger charge is -2.06. The van der Waals surface area contributed by atoms with Crippen molar-refractivity contribution in [3.8, 4) is 0 Å². The van der Waals surface area contributed by atoms with Crippen LogP contribution in [0, 0.1) is 6.92 Å². The fourth-order valence-electron chi connectivity index (χ4n) is 1.78. The summed E-state index contributed by atoms with van der Waals surface area (Å²) in [6.45, 7) is 2.12. The normalized spacial score (nSPS) is 19.5. The number of aryl methyl sites for hydroxylation is 2. The smallest absolute Gasteiger partial charge is 0.0301 e. The quantitative estimate of drug-likeness (QED) is 0.764. The van der Waals surface area contributed by atoms with Gasteiger partial charge in [-0.25, -0.2) is 0 Å². The summed E-state index contributed by atoms with van der Waals surface area (Å²) in [5.74, 6) is 0. The van der Waals surface area contributed by atoms with Crippen molar-refractivity contribution >= 4 is 28.3 Å². The monoisotopic (exact) mass is 261 g/mol. The van der Waals surface area contributed by atoms with Crippen LogP contribution in [0.15, 0.2) is 16.6 Å². The van der Waals surface area contributed by atoms with Crippen LogP contribution in [0.3, 0.4) is 0 Å². The second-order valence-corrected chi connectivity index (χ2v) is 4.30. The van der Waals surface area contributed by atoms with Crippen LogP contribution in [0.25, 0.3) is 0 Å². The number of rotatable bonds is 0. The van der Waals surface area contributed by atoms with E-state index < -0.39 is 0 Å². The van der Waals surface area contributed by atoms with Crippen molar-refractivity contribution in [3.05, 3.63) is 33.3 Å². The topological polar surface area (TPSA) is 26.0 Å². The van der Waals surface area contributed by atoms with Gasteiger partial charge in [-0.3, -0.25) is 0 Å². The van der Waals surface area contributed by atoms with Crippen LogP contribution in [0.5, 0.6) is 0 Å². The molecule has 2 N–H and O–H groups in total. The van der Waals surface area contributed by atoms with Gasteiger partial charge in [0.15, 0.2) is 0 Å². The van der Waals surface area contributed by atoms with Crippen LogP contribution in [0.2, 0.25) is 0 Å². The van der Waals surface area contributed by atoms with Gasteiger partial charge in [0.05, 0.1) is 0 Å². The molecule has 0 aromatic heterocycles. The second-order valence-electron chi connectivity index (χ2n) is 3.45. The summed E-state index contributed by atoms with van der Waals surface area (Å²) in [6, 6.07) is 4.67. The minimum atomic E-state index is 0. The van der Waals surface area contributed by atoms with E-state index in [1.54, 1.807) is 0 Å². The van der Waals surface area contributed by atoms with Crippen LogP contribution in [0.4, 0.5) is 0 Å². The van der Waals surface area contributed by atoms with E-state index in [2.05, 4.69) is 35.0 Å². The molecule has 0 radical (unpaired) electrons.